The summed E-state index contributed by atoms with van der Waals surface area (Å²) in [5, 5.41) is 3.37. The molecule has 5 nitrogen and oxygen atoms in total. The van der Waals surface area contributed by atoms with Crippen LogP contribution in [-0.2, 0) is 6.54 Å². The first-order chi connectivity index (χ1) is 9.52. The number of aryl methyl sites for hydroxylation is 2. The zero-order valence-electron chi connectivity index (χ0n) is 12.7. The highest BCUT2D eigenvalue weighted by Crippen LogP contribution is 2.24. The van der Waals surface area contributed by atoms with Crippen LogP contribution in [0.15, 0.2) is 16.8 Å². The molecule has 0 saturated heterocycles. The summed E-state index contributed by atoms with van der Waals surface area (Å²) in [5.74, 6) is 2.41. The van der Waals surface area contributed by atoms with E-state index in [1.165, 1.54) is 0 Å². The second-order valence-corrected chi connectivity index (χ2v) is 4.96. The van der Waals surface area contributed by atoms with Crippen LogP contribution < -0.4 is 10.1 Å². The fraction of sp³-hybridized carbons (Fsp3) is 0.467. The lowest BCUT2D eigenvalue weighted by Crippen LogP contribution is -2.20. The van der Waals surface area contributed by atoms with Crippen molar-refractivity contribution in [1.29, 1.82) is 0 Å². The molecule has 1 unspecified atom stereocenters. The summed E-state index contributed by atoms with van der Waals surface area (Å²) in [6.45, 7) is 8.57. The number of aromatic nitrogens is 2. The first-order valence-electron chi connectivity index (χ1n) is 6.67. The van der Waals surface area contributed by atoms with E-state index < -0.39 is 0 Å². The minimum atomic E-state index is 0.0391. The van der Waals surface area contributed by atoms with Gasteiger partial charge in [-0.3, -0.25) is 4.98 Å². The van der Waals surface area contributed by atoms with Gasteiger partial charge in [0, 0.05) is 23.9 Å². The summed E-state index contributed by atoms with van der Waals surface area (Å²) >= 11 is 0. The highest BCUT2D eigenvalue weighted by Gasteiger charge is 2.13. The Morgan fingerprint density at radius 3 is 2.60 bits per heavy atom. The quantitative estimate of drug-likeness (QED) is 0.909. The summed E-state index contributed by atoms with van der Waals surface area (Å²) in [7, 11) is 1.69. The van der Waals surface area contributed by atoms with Crippen LogP contribution in [0.4, 0.5) is 0 Å². The van der Waals surface area contributed by atoms with Crippen molar-refractivity contribution < 1.29 is 9.15 Å². The molecule has 0 spiro atoms. The fourth-order valence-corrected chi connectivity index (χ4v) is 2.16. The Morgan fingerprint density at radius 1 is 1.25 bits per heavy atom. The zero-order chi connectivity index (χ0) is 14.7. The molecule has 1 atom stereocenters. The molecule has 0 amide bonds. The van der Waals surface area contributed by atoms with Gasteiger partial charge in [-0.25, -0.2) is 4.98 Å². The molecule has 2 aromatic heterocycles. The maximum atomic E-state index is 5.51. The van der Waals surface area contributed by atoms with Gasteiger partial charge in [-0.05, 0) is 27.7 Å². The molecule has 2 rings (SSSR count). The SMILES string of the molecule is COc1c(C)cnc(CNC(C)c2ncc(C)o2)c1C. The van der Waals surface area contributed by atoms with Crippen molar-refractivity contribution in [2.24, 2.45) is 0 Å². The van der Waals surface area contributed by atoms with Crippen molar-refractivity contribution in [3.63, 3.8) is 0 Å². The fourth-order valence-electron chi connectivity index (χ4n) is 2.16. The number of hydrogen-bond donors (Lipinski definition) is 1. The maximum Gasteiger partial charge on any atom is 0.211 e. The lowest BCUT2D eigenvalue weighted by Gasteiger charge is -2.14. The van der Waals surface area contributed by atoms with E-state index in [0.29, 0.717) is 12.4 Å². The topological polar surface area (TPSA) is 60.2 Å². The molecule has 0 aliphatic carbocycles. The minimum Gasteiger partial charge on any atom is -0.496 e. The van der Waals surface area contributed by atoms with E-state index in [-0.39, 0.29) is 6.04 Å². The molecule has 2 heterocycles. The van der Waals surface area contributed by atoms with Gasteiger partial charge in [0.05, 0.1) is 25.0 Å². The second kappa shape index (κ2) is 6.05. The maximum absolute atomic E-state index is 5.51. The number of ether oxygens (including phenoxy) is 1. The molecule has 1 N–H and O–H groups in total. The number of methoxy groups -OCH3 is 1. The standard InChI is InChI=1S/C15H21N3O2/c1-9-6-17-13(11(3)14(9)19-5)8-16-12(4)15-18-7-10(2)20-15/h6-7,12,16H,8H2,1-5H3. The number of pyridine rings is 1. The van der Waals surface area contributed by atoms with Crippen molar-refractivity contribution in [1.82, 2.24) is 15.3 Å². The van der Waals surface area contributed by atoms with Gasteiger partial charge >= 0.3 is 0 Å². The van der Waals surface area contributed by atoms with E-state index in [2.05, 4.69) is 15.3 Å². The van der Waals surface area contributed by atoms with Crippen LogP contribution in [0.1, 0.15) is 41.4 Å². The van der Waals surface area contributed by atoms with Crippen LogP contribution in [0.5, 0.6) is 5.75 Å². The second-order valence-electron chi connectivity index (χ2n) is 4.96. The van der Waals surface area contributed by atoms with Gasteiger partial charge in [-0.2, -0.15) is 0 Å². The Balaban J connectivity index is 2.07. The third-order valence-electron chi connectivity index (χ3n) is 3.34. The summed E-state index contributed by atoms with van der Waals surface area (Å²) in [6, 6.07) is 0.0391. The lowest BCUT2D eigenvalue weighted by atomic mass is 10.1. The first-order valence-corrected chi connectivity index (χ1v) is 6.67. The van der Waals surface area contributed by atoms with Gasteiger partial charge in [0.25, 0.3) is 0 Å². The first kappa shape index (κ1) is 14.5. The van der Waals surface area contributed by atoms with E-state index in [1.807, 2.05) is 33.9 Å². The average Bonchev–Trinajstić information content (AvgIpc) is 2.85. The number of nitrogens with one attached hydrogen (secondary N) is 1. The predicted molar refractivity (Wildman–Crippen MR) is 76.8 cm³/mol. The van der Waals surface area contributed by atoms with Gasteiger partial charge in [0.15, 0.2) is 0 Å². The molecule has 5 heteroatoms. The molecule has 108 valence electrons. The third-order valence-corrected chi connectivity index (χ3v) is 3.34. The smallest absolute Gasteiger partial charge is 0.211 e. The van der Waals surface area contributed by atoms with E-state index in [1.54, 1.807) is 13.3 Å². The van der Waals surface area contributed by atoms with Crippen LogP contribution in [-0.4, -0.2) is 17.1 Å². The van der Waals surface area contributed by atoms with Crippen LogP contribution in [0.25, 0.3) is 0 Å². The molecule has 0 radical (unpaired) electrons. The molecule has 0 aliphatic rings. The van der Waals surface area contributed by atoms with Crippen molar-refractivity contribution in [2.45, 2.75) is 40.3 Å². The number of hydrogen-bond acceptors (Lipinski definition) is 5. The summed E-state index contributed by atoms with van der Waals surface area (Å²) < 4.78 is 10.9. The zero-order valence-corrected chi connectivity index (χ0v) is 12.7. The van der Waals surface area contributed by atoms with Crippen molar-refractivity contribution in [3.8, 4) is 5.75 Å². The number of oxazole rings is 1. The van der Waals surface area contributed by atoms with E-state index in [9.17, 15) is 0 Å². The molecule has 2 aromatic rings. The molecule has 0 saturated carbocycles. The molecular formula is C15H21N3O2. The van der Waals surface area contributed by atoms with Crippen LogP contribution in [0, 0.1) is 20.8 Å². The van der Waals surface area contributed by atoms with Gasteiger partial charge in [-0.1, -0.05) is 0 Å². The highest BCUT2D eigenvalue weighted by atomic mass is 16.5. The van der Waals surface area contributed by atoms with Gasteiger partial charge < -0.3 is 14.5 Å². The Morgan fingerprint density at radius 2 is 2.00 bits per heavy atom. The van der Waals surface area contributed by atoms with Gasteiger partial charge in [0.2, 0.25) is 5.89 Å². The summed E-state index contributed by atoms with van der Waals surface area (Å²) in [5.41, 5.74) is 3.09. The minimum absolute atomic E-state index is 0.0391. The highest BCUT2D eigenvalue weighted by molar-refractivity contribution is 5.41. The van der Waals surface area contributed by atoms with E-state index in [0.717, 1.165) is 28.3 Å². The van der Waals surface area contributed by atoms with E-state index in [4.69, 9.17) is 9.15 Å². The largest absolute Gasteiger partial charge is 0.496 e. The summed E-state index contributed by atoms with van der Waals surface area (Å²) in [4.78, 5) is 8.69. The Labute approximate surface area is 119 Å². The normalized spacial score (nSPS) is 12.4. The number of rotatable bonds is 5. The van der Waals surface area contributed by atoms with Crippen LogP contribution in [0.3, 0.4) is 0 Å². The molecule has 0 bridgehead atoms. The van der Waals surface area contributed by atoms with E-state index >= 15 is 0 Å². The third kappa shape index (κ3) is 2.99. The van der Waals surface area contributed by atoms with Crippen molar-refractivity contribution in [3.05, 3.63) is 40.9 Å². The molecular weight excluding hydrogens is 254 g/mol. The molecule has 0 aliphatic heterocycles. The number of nitrogens with zero attached hydrogens (tertiary/aromatic N) is 2. The van der Waals surface area contributed by atoms with Gasteiger partial charge in [-0.15, -0.1) is 0 Å². The Kier molecular flexibility index (Phi) is 4.39. The molecule has 0 fully saturated rings. The van der Waals surface area contributed by atoms with Crippen molar-refractivity contribution >= 4 is 0 Å². The predicted octanol–water partition coefficient (Wildman–Crippen LogP) is 2.85. The van der Waals surface area contributed by atoms with Gasteiger partial charge in [0.1, 0.15) is 11.5 Å². The Bertz CT molecular complexity index is 593. The van der Waals surface area contributed by atoms with Crippen LogP contribution in [0.2, 0.25) is 0 Å². The van der Waals surface area contributed by atoms with Crippen molar-refractivity contribution in [2.75, 3.05) is 7.11 Å². The monoisotopic (exact) mass is 275 g/mol. The summed E-state index contributed by atoms with van der Waals surface area (Å²) in [6.07, 6.45) is 3.56. The lowest BCUT2D eigenvalue weighted by molar-refractivity contribution is 0.396. The Hall–Kier alpha value is -1.88. The molecule has 20 heavy (non-hydrogen) atoms. The van der Waals surface area contributed by atoms with Crippen LogP contribution >= 0.6 is 0 Å². The molecule has 0 aromatic carbocycles. The average molecular weight is 275 g/mol.